The van der Waals surface area contributed by atoms with Crippen LogP contribution < -0.4 is 0 Å². The topological polar surface area (TPSA) is 34.9 Å². The zero-order valence-corrected chi connectivity index (χ0v) is 10.0. The molecule has 2 rings (SSSR count). The van der Waals surface area contributed by atoms with Crippen molar-refractivity contribution in [3.05, 3.63) is 28.9 Å². The summed E-state index contributed by atoms with van der Waals surface area (Å²) in [6, 6.07) is 5.92. The smallest absolute Gasteiger partial charge is 0.158 e. The number of carbonyl (C=O) groups is 1. The van der Waals surface area contributed by atoms with E-state index in [9.17, 15) is 4.79 Å². The lowest BCUT2D eigenvalue weighted by atomic mass is 9.96. The van der Waals surface area contributed by atoms with Crippen molar-refractivity contribution in [2.75, 3.05) is 0 Å². The Hall–Kier alpha value is -1.35. The quantitative estimate of drug-likeness (QED) is 0.768. The second kappa shape index (κ2) is 4.26. The number of aryl methyl sites for hydroxylation is 1. The van der Waals surface area contributed by atoms with Crippen LogP contribution in [0.15, 0.2) is 18.2 Å². The van der Waals surface area contributed by atoms with Gasteiger partial charge in [0.05, 0.1) is 5.52 Å². The van der Waals surface area contributed by atoms with Gasteiger partial charge in [-0.2, -0.15) is 5.10 Å². The number of carbonyl (C=O) groups excluding carboxylic acids is 1. The number of halogens is 1. The Balaban J connectivity index is 2.65. The van der Waals surface area contributed by atoms with Crippen LogP contribution in [-0.2, 0) is 11.8 Å². The van der Waals surface area contributed by atoms with E-state index in [-0.39, 0.29) is 5.92 Å². The molecule has 0 aliphatic rings. The first kappa shape index (κ1) is 11.1. The highest BCUT2D eigenvalue weighted by atomic mass is 35.5. The van der Waals surface area contributed by atoms with Gasteiger partial charge in [-0.25, -0.2) is 0 Å². The molecule has 0 N–H and O–H groups in total. The summed E-state index contributed by atoms with van der Waals surface area (Å²) in [5, 5.41) is 5.64. The third-order valence-corrected chi connectivity index (χ3v) is 3.11. The highest BCUT2D eigenvalue weighted by molar-refractivity contribution is 6.34. The van der Waals surface area contributed by atoms with Gasteiger partial charge in [-0.3, -0.25) is 4.68 Å². The Morgan fingerprint density at radius 3 is 3.00 bits per heavy atom. The molecule has 4 heteroatoms. The Bertz CT molecular complexity index is 533. The van der Waals surface area contributed by atoms with Crippen molar-refractivity contribution in [1.29, 1.82) is 0 Å². The fraction of sp³-hybridized carbons (Fsp3) is 0.333. The van der Waals surface area contributed by atoms with Gasteiger partial charge in [-0.1, -0.05) is 30.7 Å². The Morgan fingerprint density at radius 1 is 1.56 bits per heavy atom. The summed E-state index contributed by atoms with van der Waals surface area (Å²) in [5.41, 5.74) is 2.13. The minimum Gasteiger partial charge on any atom is -0.303 e. The van der Waals surface area contributed by atoms with E-state index in [0.29, 0.717) is 11.6 Å². The third-order valence-electron chi connectivity index (χ3n) is 2.83. The molecule has 1 unspecified atom stereocenters. The first-order chi connectivity index (χ1) is 7.65. The molecule has 0 bridgehead atoms. The summed E-state index contributed by atoms with van der Waals surface area (Å²) in [6.07, 6.45) is 1.46. The lowest BCUT2D eigenvalue weighted by Crippen LogP contribution is -1.99. The molecule has 1 heterocycles. The largest absolute Gasteiger partial charge is 0.303 e. The van der Waals surface area contributed by atoms with E-state index < -0.39 is 0 Å². The van der Waals surface area contributed by atoms with E-state index >= 15 is 0 Å². The molecule has 0 aliphatic heterocycles. The van der Waals surface area contributed by atoms with Crippen molar-refractivity contribution < 1.29 is 4.79 Å². The van der Waals surface area contributed by atoms with Gasteiger partial charge in [0.25, 0.3) is 0 Å². The average Bonchev–Trinajstić information content (AvgIpc) is 2.55. The normalized spacial score (nSPS) is 12.9. The number of hydrogen-bond acceptors (Lipinski definition) is 2. The van der Waals surface area contributed by atoms with Gasteiger partial charge in [-0.05, 0) is 17.5 Å². The van der Waals surface area contributed by atoms with Gasteiger partial charge < -0.3 is 4.79 Å². The van der Waals surface area contributed by atoms with Crippen LogP contribution in [0.25, 0.3) is 10.9 Å². The molecule has 16 heavy (non-hydrogen) atoms. The van der Waals surface area contributed by atoms with Crippen molar-refractivity contribution in [1.82, 2.24) is 9.78 Å². The van der Waals surface area contributed by atoms with Crippen molar-refractivity contribution in [2.24, 2.45) is 7.05 Å². The predicted molar refractivity (Wildman–Crippen MR) is 64.8 cm³/mol. The third kappa shape index (κ3) is 1.71. The van der Waals surface area contributed by atoms with Crippen molar-refractivity contribution in [3.63, 3.8) is 0 Å². The Kier molecular flexibility index (Phi) is 2.97. The zero-order chi connectivity index (χ0) is 11.7. The van der Waals surface area contributed by atoms with Gasteiger partial charge in [0, 0.05) is 18.9 Å². The lowest BCUT2D eigenvalue weighted by Gasteiger charge is -2.10. The number of fused-ring (bicyclic) bond motifs is 1. The molecule has 1 aromatic carbocycles. The summed E-state index contributed by atoms with van der Waals surface area (Å²) in [5.74, 6) is 0.188. The van der Waals surface area contributed by atoms with Crippen LogP contribution in [-0.4, -0.2) is 16.1 Å². The molecular formula is C12H13ClN2O. The summed E-state index contributed by atoms with van der Waals surface area (Å²) in [7, 11) is 1.87. The van der Waals surface area contributed by atoms with Gasteiger partial charge in [-0.15, -0.1) is 0 Å². The number of benzene rings is 1. The van der Waals surface area contributed by atoms with Crippen LogP contribution in [0.2, 0.25) is 5.15 Å². The van der Waals surface area contributed by atoms with Crippen LogP contribution in [0.5, 0.6) is 0 Å². The molecule has 0 spiro atoms. The predicted octanol–water partition coefficient (Wildman–Crippen LogP) is 2.92. The SMILES string of the molecule is CC(CC=O)c1cccc2c(Cl)nn(C)c12. The van der Waals surface area contributed by atoms with E-state index in [1.54, 1.807) is 4.68 Å². The van der Waals surface area contributed by atoms with E-state index in [4.69, 9.17) is 11.6 Å². The zero-order valence-electron chi connectivity index (χ0n) is 9.27. The highest BCUT2D eigenvalue weighted by Crippen LogP contribution is 2.30. The number of rotatable bonds is 3. The van der Waals surface area contributed by atoms with E-state index in [1.165, 1.54) is 0 Å². The van der Waals surface area contributed by atoms with Crippen LogP contribution in [0, 0.1) is 0 Å². The van der Waals surface area contributed by atoms with Crippen molar-refractivity contribution >= 4 is 28.8 Å². The first-order valence-corrected chi connectivity index (χ1v) is 5.57. The molecular weight excluding hydrogens is 224 g/mol. The van der Waals surface area contributed by atoms with Crippen molar-refractivity contribution in [2.45, 2.75) is 19.3 Å². The summed E-state index contributed by atoms with van der Waals surface area (Å²) >= 11 is 6.03. The van der Waals surface area contributed by atoms with E-state index in [2.05, 4.69) is 5.10 Å². The second-order valence-electron chi connectivity index (χ2n) is 3.96. The number of aromatic nitrogens is 2. The standard InChI is InChI=1S/C12H13ClN2O/c1-8(6-7-16)9-4-3-5-10-11(9)15(2)14-12(10)13/h3-5,7-8H,6H2,1-2H3. The number of aldehydes is 1. The minimum absolute atomic E-state index is 0.188. The lowest BCUT2D eigenvalue weighted by molar-refractivity contribution is -0.108. The molecule has 1 atom stereocenters. The maximum atomic E-state index is 10.6. The molecule has 84 valence electrons. The number of nitrogens with zero attached hydrogens (tertiary/aromatic N) is 2. The van der Waals surface area contributed by atoms with Crippen molar-refractivity contribution in [3.8, 4) is 0 Å². The van der Waals surface area contributed by atoms with Gasteiger partial charge in [0.15, 0.2) is 5.15 Å². The summed E-state index contributed by atoms with van der Waals surface area (Å²) in [6.45, 7) is 2.03. The van der Waals surface area contributed by atoms with E-state index in [1.807, 2.05) is 32.2 Å². The highest BCUT2D eigenvalue weighted by Gasteiger charge is 2.14. The minimum atomic E-state index is 0.188. The summed E-state index contributed by atoms with van der Waals surface area (Å²) < 4.78 is 1.77. The molecule has 0 radical (unpaired) electrons. The fourth-order valence-electron chi connectivity index (χ4n) is 1.99. The second-order valence-corrected chi connectivity index (χ2v) is 4.32. The molecule has 0 amide bonds. The summed E-state index contributed by atoms with van der Waals surface area (Å²) in [4.78, 5) is 10.6. The molecule has 2 aromatic rings. The van der Waals surface area contributed by atoms with E-state index in [0.717, 1.165) is 22.8 Å². The monoisotopic (exact) mass is 236 g/mol. The molecule has 0 saturated carbocycles. The van der Waals surface area contributed by atoms with Crippen LogP contribution >= 0.6 is 11.6 Å². The van der Waals surface area contributed by atoms with Gasteiger partial charge in [0.1, 0.15) is 6.29 Å². The number of para-hydroxylation sites is 1. The van der Waals surface area contributed by atoms with Crippen LogP contribution in [0.3, 0.4) is 0 Å². The maximum Gasteiger partial charge on any atom is 0.158 e. The number of hydrogen-bond donors (Lipinski definition) is 0. The van der Waals surface area contributed by atoms with Gasteiger partial charge >= 0.3 is 0 Å². The molecule has 3 nitrogen and oxygen atoms in total. The maximum absolute atomic E-state index is 10.6. The Morgan fingerprint density at radius 2 is 2.31 bits per heavy atom. The Labute approximate surface area is 99.0 Å². The molecule has 1 aromatic heterocycles. The van der Waals surface area contributed by atoms with Gasteiger partial charge in [0.2, 0.25) is 0 Å². The first-order valence-electron chi connectivity index (χ1n) is 5.20. The molecule has 0 saturated heterocycles. The average molecular weight is 237 g/mol. The fourth-order valence-corrected chi connectivity index (χ4v) is 2.26. The van der Waals surface area contributed by atoms with Crippen LogP contribution in [0.1, 0.15) is 24.8 Å². The molecule has 0 aliphatic carbocycles. The van der Waals surface area contributed by atoms with Crippen LogP contribution in [0.4, 0.5) is 0 Å². The molecule has 0 fully saturated rings.